The molecule has 8 heteroatoms. The highest BCUT2D eigenvalue weighted by atomic mass is 16.7. The Bertz CT molecular complexity index is 1020. The van der Waals surface area contributed by atoms with Crippen LogP contribution in [0.2, 0.25) is 0 Å². The van der Waals surface area contributed by atoms with E-state index in [1.807, 2.05) is 36.4 Å². The molecule has 8 nitrogen and oxygen atoms in total. The summed E-state index contributed by atoms with van der Waals surface area (Å²) < 4.78 is 21.2. The van der Waals surface area contributed by atoms with E-state index in [2.05, 4.69) is 10.6 Å². The summed E-state index contributed by atoms with van der Waals surface area (Å²) in [6.07, 6.45) is 12.9. The molecule has 2 heterocycles. The fourth-order valence-electron chi connectivity index (χ4n) is 3.88. The van der Waals surface area contributed by atoms with Gasteiger partial charge < -0.3 is 29.6 Å². The molecule has 0 aromatic heterocycles. The molecule has 2 N–H and O–H groups in total. The summed E-state index contributed by atoms with van der Waals surface area (Å²) in [4.78, 5) is 24.0. The predicted octanol–water partition coefficient (Wildman–Crippen LogP) is 4.44. The molecule has 0 atom stereocenters. The fraction of sp³-hybridized carbons (Fsp3) is 0.357. The van der Waals surface area contributed by atoms with Crippen LogP contribution in [0.4, 0.5) is 0 Å². The van der Waals surface area contributed by atoms with Gasteiger partial charge in [-0.05, 0) is 60.4 Å². The molecule has 2 aromatic carbocycles. The van der Waals surface area contributed by atoms with Crippen LogP contribution < -0.4 is 29.6 Å². The van der Waals surface area contributed by atoms with Gasteiger partial charge in [0.1, 0.15) is 0 Å². The van der Waals surface area contributed by atoms with Crippen LogP contribution >= 0.6 is 0 Å². The van der Waals surface area contributed by atoms with E-state index in [4.69, 9.17) is 18.9 Å². The molecule has 0 saturated heterocycles. The van der Waals surface area contributed by atoms with Crippen molar-refractivity contribution >= 4 is 24.0 Å². The zero-order chi connectivity index (χ0) is 25.0. The van der Waals surface area contributed by atoms with Gasteiger partial charge in [-0.3, -0.25) is 9.59 Å². The van der Waals surface area contributed by atoms with E-state index >= 15 is 0 Å². The van der Waals surface area contributed by atoms with Gasteiger partial charge >= 0.3 is 0 Å². The zero-order valence-electron chi connectivity index (χ0n) is 20.3. The molecule has 0 unspecified atom stereocenters. The lowest BCUT2D eigenvalue weighted by molar-refractivity contribution is -0.117. The van der Waals surface area contributed by atoms with E-state index < -0.39 is 0 Å². The molecular weight excluding hydrogens is 460 g/mol. The number of carbonyl (C=O) groups excluding carboxylic acids is 2. The number of benzene rings is 2. The van der Waals surface area contributed by atoms with Crippen molar-refractivity contribution in [2.75, 3.05) is 26.7 Å². The lowest BCUT2D eigenvalue weighted by Gasteiger charge is -2.04. The first kappa shape index (κ1) is 25.2. The predicted molar refractivity (Wildman–Crippen MR) is 137 cm³/mol. The number of amides is 2. The second kappa shape index (κ2) is 13.2. The average molecular weight is 493 g/mol. The lowest BCUT2D eigenvalue weighted by atomic mass is 10.1. The van der Waals surface area contributed by atoms with Crippen molar-refractivity contribution in [3.63, 3.8) is 0 Å². The molecule has 36 heavy (non-hydrogen) atoms. The second-order valence-corrected chi connectivity index (χ2v) is 8.60. The van der Waals surface area contributed by atoms with Crippen molar-refractivity contribution in [3.05, 3.63) is 59.7 Å². The smallest absolute Gasteiger partial charge is 0.243 e. The molecular formula is C28H32N2O6. The van der Waals surface area contributed by atoms with E-state index in [0.717, 1.165) is 61.2 Å². The standard InChI is InChI=1S/C28H32N2O6/c31-27(13-9-21-7-11-23-25(17-21)35-19-33-23)29-15-5-3-1-2-4-6-16-30-28(32)14-10-22-8-12-24-26(18-22)36-20-34-24/h7-14,17-18H,1-6,15-16,19-20H2,(H,29,31)(H,30,32). The van der Waals surface area contributed by atoms with Crippen LogP contribution in [0.5, 0.6) is 23.0 Å². The van der Waals surface area contributed by atoms with Crippen LogP contribution in [0.25, 0.3) is 12.2 Å². The van der Waals surface area contributed by atoms with Crippen molar-refractivity contribution in [2.45, 2.75) is 38.5 Å². The molecule has 190 valence electrons. The Kier molecular flexibility index (Phi) is 9.25. The molecule has 0 bridgehead atoms. The third kappa shape index (κ3) is 7.80. The highest BCUT2D eigenvalue weighted by Gasteiger charge is 2.13. The molecule has 0 spiro atoms. The molecule has 2 aliphatic rings. The third-order valence-electron chi connectivity index (χ3n) is 5.85. The van der Waals surface area contributed by atoms with Crippen LogP contribution in [0.1, 0.15) is 49.7 Å². The summed E-state index contributed by atoms with van der Waals surface area (Å²) in [5.41, 5.74) is 1.79. The Morgan fingerprint density at radius 2 is 1.03 bits per heavy atom. The van der Waals surface area contributed by atoms with E-state index in [-0.39, 0.29) is 25.4 Å². The summed E-state index contributed by atoms with van der Waals surface area (Å²) in [5, 5.41) is 5.83. The molecule has 0 fully saturated rings. The van der Waals surface area contributed by atoms with Crippen LogP contribution in [-0.4, -0.2) is 38.5 Å². The van der Waals surface area contributed by atoms with Crippen molar-refractivity contribution < 1.29 is 28.5 Å². The summed E-state index contributed by atoms with van der Waals surface area (Å²) in [6.45, 7) is 1.80. The first-order valence-electron chi connectivity index (χ1n) is 12.4. The van der Waals surface area contributed by atoms with E-state index in [0.29, 0.717) is 24.6 Å². The highest BCUT2D eigenvalue weighted by Crippen LogP contribution is 2.33. The Morgan fingerprint density at radius 1 is 0.611 bits per heavy atom. The SMILES string of the molecule is O=C(C=Cc1ccc2c(c1)OCO2)NCCCCCCCCNC(=O)C=Cc1ccc2c(c1)OCO2. The normalized spacial score (nSPS) is 13.4. The van der Waals surface area contributed by atoms with E-state index in [1.54, 1.807) is 12.2 Å². The zero-order valence-corrected chi connectivity index (χ0v) is 20.3. The number of hydrogen-bond acceptors (Lipinski definition) is 6. The van der Waals surface area contributed by atoms with Crippen LogP contribution in [-0.2, 0) is 9.59 Å². The molecule has 2 aromatic rings. The van der Waals surface area contributed by atoms with Crippen LogP contribution in [0, 0.1) is 0 Å². The average Bonchev–Trinajstić information content (AvgIpc) is 3.56. The minimum atomic E-state index is -0.101. The lowest BCUT2D eigenvalue weighted by Crippen LogP contribution is -2.22. The van der Waals surface area contributed by atoms with Gasteiger partial charge in [0.05, 0.1) is 0 Å². The Labute approximate surface area is 211 Å². The third-order valence-corrected chi connectivity index (χ3v) is 5.85. The van der Waals surface area contributed by atoms with Gasteiger partial charge in [-0.1, -0.05) is 37.8 Å². The molecule has 0 saturated carbocycles. The summed E-state index contributed by atoms with van der Waals surface area (Å²) in [7, 11) is 0. The molecule has 2 amide bonds. The van der Waals surface area contributed by atoms with Crippen molar-refractivity contribution in [1.82, 2.24) is 10.6 Å². The number of fused-ring (bicyclic) bond motifs is 2. The van der Waals surface area contributed by atoms with Gasteiger partial charge in [-0.15, -0.1) is 0 Å². The maximum Gasteiger partial charge on any atom is 0.243 e. The van der Waals surface area contributed by atoms with Crippen molar-refractivity contribution in [2.24, 2.45) is 0 Å². The van der Waals surface area contributed by atoms with Crippen LogP contribution in [0.3, 0.4) is 0 Å². The Hall–Kier alpha value is -3.94. The number of hydrogen-bond donors (Lipinski definition) is 2. The molecule has 4 rings (SSSR count). The second-order valence-electron chi connectivity index (χ2n) is 8.60. The summed E-state index contributed by atoms with van der Waals surface area (Å²) in [6, 6.07) is 11.2. The number of rotatable bonds is 13. The van der Waals surface area contributed by atoms with Crippen LogP contribution in [0.15, 0.2) is 48.6 Å². The van der Waals surface area contributed by atoms with E-state index in [1.165, 1.54) is 12.2 Å². The topological polar surface area (TPSA) is 95.1 Å². The molecule has 0 aliphatic carbocycles. The van der Waals surface area contributed by atoms with Gasteiger partial charge in [0, 0.05) is 25.2 Å². The number of carbonyl (C=O) groups is 2. The maximum atomic E-state index is 12.0. The largest absolute Gasteiger partial charge is 0.454 e. The summed E-state index contributed by atoms with van der Waals surface area (Å²) >= 11 is 0. The summed E-state index contributed by atoms with van der Waals surface area (Å²) in [5.74, 6) is 2.66. The molecule has 2 aliphatic heterocycles. The number of nitrogens with one attached hydrogen (secondary N) is 2. The van der Waals surface area contributed by atoms with E-state index in [9.17, 15) is 9.59 Å². The van der Waals surface area contributed by atoms with Gasteiger partial charge in [0.25, 0.3) is 0 Å². The van der Waals surface area contributed by atoms with Crippen molar-refractivity contribution in [3.8, 4) is 23.0 Å². The minimum absolute atomic E-state index is 0.101. The van der Waals surface area contributed by atoms with Gasteiger partial charge in [-0.25, -0.2) is 0 Å². The van der Waals surface area contributed by atoms with Crippen molar-refractivity contribution in [1.29, 1.82) is 0 Å². The Balaban J connectivity index is 0.979. The quantitative estimate of drug-likeness (QED) is 0.317. The maximum absolute atomic E-state index is 12.0. The number of ether oxygens (including phenoxy) is 4. The van der Waals surface area contributed by atoms with Gasteiger partial charge in [-0.2, -0.15) is 0 Å². The highest BCUT2D eigenvalue weighted by molar-refractivity contribution is 5.92. The first-order valence-corrected chi connectivity index (χ1v) is 12.4. The monoisotopic (exact) mass is 492 g/mol. The van der Waals surface area contributed by atoms with Gasteiger partial charge in [0.2, 0.25) is 25.4 Å². The van der Waals surface area contributed by atoms with Gasteiger partial charge in [0.15, 0.2) is 23.0 Å². The fourth-order valence-corrected chi connectivity index (χ4v) is 3.88. The Morgan fingerprint density at radius 3 is 1.50 bits per heavy atom. The number of unbranched alkanes of at least 4 members (excludes halogenated alkanes) is 5. The first-order chi connectivity index (χ1) is 17.7. The molecule has 0 radical (unpaired) electrons. The minimum Gasteiger partial charge on any atom is -0.454 e.